The van der Waals surface area contributed by atoms with E-state index in [0.717, 1.165) is 0 Å². The molecule has 0 unspecified atom stereocenters. The summed E-state index contributed by atoms with van der Waals surface area (Å²) in [5.41, 5.74) is 0. The number of carbonyl (C=O) groups excluding carboxylic acids is 1. The van der Waals surface area contributed by atoms with Gasteiger partial charge in [-0.15, -0.1) is 0 Å². The van der Waals surface area contributed by atoms with Gasteiger partial charge in [-0.05, 0) is 0 Å². The van der Waals surface area contributed by atoms with Gasteiger partial charge in [-0.25, -0.2) is 0 Å². The normalized spacial score (nSPS) is 9.78. The van der Waals surface area contributed by atoms with Gasteiger partial charge in [0.05, 0.1) is 0 Å². The van der Waals surface area contributed by atoms with Crippen LogP contribution in [-0.2, 0) is 9.45 Å². The van der Waals surface area contributed by atoms with Crippen molar-refractivity contribution in [2.45, 2.75) is 6.92 Å². The van der Waals surface area contributed by atoms with Crippen LogP contribution in [0.25, 0.3) is 0 Å². The molecule has 7 heteroatoms. The van der Waals surface area contributed by atoms with Crippen LogP contribution < -0.4 is 29.6 Å². The van der Waals surface area contributed by atoms with Gasteiger partial charge in [0.1, 0.15) is 0 Å². The molecule has 0 aliphatic heterocycles. The van der Waals surface area contributed by atoms with Crippen LogP contribution in [0.5, 0.6) is 0 Å². The summed E-state index contributed by atoms with van der Waals surface area (Å²) in [4.78, 5) is 9.53. The largest absolute Gasteiger partial charge is 1.00 e. The molecule has 0 N–H and O–H groups in total. The van der Waals surface area contributed by atoms with E-state index in [4.69, 9.17) is 0 Å². The summed E-state index contributed by atoms with van der Waals surface area (Å²) >= 11 is 0. The van der Waals surface area contributed by atoms with Crippen molar-refractivity contribution in [3.63, 3.8) is 0 Å². The smallest absolute Gasteiger partial charge is 0.609 e. The van der Waals surface area contributed by atoms with Gasteiger partial charge in [0.2, 0.25) is 0 Å². The van der Waals surface area contributed by atoms with Crippen LogP contribution in [0.3, 0.4) is 0 Å². The molecule has 0 aromatic rings. The fraction of sp³-hybridized carbons (Fsp3) is 0.500. The molecule has 2 nitrogen and oxygen atoms in total. The first kappa shape index (κ1) is 12.0. The maximum absolute atomic E-state index is 10.9. The third kappa shape index (κ3) is 11.7. The predicted octanol–water partition coefficient (Wildman–Crippen LogP) is -2.10. The number of rotatable bonds is 1. The van der Waals surface area contributed by atoms with Crippen molar-refractivity contribution in [3.05, 3.63) is 0 Å². The Hall–Kier alpha value is 0.325. The van der Waals surface area contributed by atoms with Crippen LogP contribution in [0.1, 0.15) is 6.92 Å². The van der Waals surface area contributed by atoms with E-state index < -0.39 is 13.1 Å². The Balaban J connectivity index is 0. The van der Waals surface area contributed by atoms with Gasteiger partial charge in [-0.3, -0.25) is 4.79 Å². The molecule has 0 heterocycles. The maximum atomic E-state index is 10.9. The van der Waals surface area contributed by atoms with Crippen LogP contribution in [0.4, 0.5) is 12.9 Å². The van der Waals surface area contributed by atoms with E-state index in [1.165, 1.54) is 0 Å². The van der Waals surface area contributed by atoms with E-state index >= 15 is 0 Å². The third-order valence-electron chi connectivity index (χ3n) is 0.300. The second kappa shape index (κ2) is 4.19. The van der Waals surface area contributed by atoms with E-state index in [2.05, 4.69) is 4.65 Å². The molecule has 0 saturated carbocycles. The zero-order chi connectivity index (χ0) is 6.78. The van der Waals surface area contributed by atoms with Gasteiger partial charge < -0.3 is 17.6 Å². The second-order valence-corrected chi connectivity index (χ2v) is 1.12. The maximum Gasteiger partial charge on any atom is 1.00 e. The molecule has 0 spiro atoms. The summed E-state index contributed by atoms with van der Waals surface area (Å²) in [6, 6.07) is 0. The molecule has 48 valence electrons. The summed E-state index contributed by atoms with van der Waals surface area (Å²) in [6.45, 7) is 0.704. The van der Waals surface area contributed by atoms with Gasteiger partial charge in [0, 0.05) is 6.92 Å². The van der Waals surface area contributed by atoms with Crippen molar-refractivity contribution >= 4 is 13.1 Å². The van der Waals surface area contributed by atoms with E-state index in [0.29, 0.717) is 6.92 Å². The van der Waals surface area contributed by atoms with Gasteiger partial charge in [-0.2, -0.15) is 0 Å². The molecule has 0 bridgehead atoms. The van der Waals surface area contributed by atoms with Crippen molar-refractivity contribution in [3.8, 4) is 0 Å². The Labute approximate surface area is 72.1 Å². The molecule has 9 heavy (non-hydrogen) atoms. The minimum absolute atomic E-state index is 0. The van der Waals surface area contributed by atoms with Gasteiger partial charge in [0.25, 0.3) is 5.97 Å². The Bertz CT molecular complexity index is 102. The Morgan fingerprint density at radius 2 is 1.78 bits per heavy atom. The fourth-order valence-electron chi connectivity index (χ4n) is 0.188. The fourth-order valence-corrected chi connectivity index (χ4v) is 0.188. The van der Waals surface area contributed by atoms with Crippen molar-refractivity contribution in [2.75, 3.05) is 0 Å². The van der Waals surface area contributed by atoms with Crippen molar-refractivity contribution in [1.29, 1.82) is 0 Å². The zero-order valence-corrected chi connectivity index (χ0v) is 7.03. The standard InChI is InChI=1S/C2H3BF3O2.Na/c1-2(7)8-3(4,5)6;/h1H3;/q-1;+1. The van der Waals surface area contributed by atoms with Crippen LogP contribution >= 0.6 is 0 Å². The second-order valence-electron chi connectivity index (χ2n) is 1.12. The average Bonchev–Trinajstić information content (AvgIpc) is 1.21. The molecule has 0 aromatic carbocycles. The molecular formula is C2H3BF3NaO2. The first-order valence-corrected chi connectivity index (χ1v) is 1.80. The predicted molar refractivity (Wildman–Crippen MR) is 20.8 cm³/mol. The van der Waals surface area contributed by atoms with Gasteiger partial charge >= 0.3 is 36.7 Å². The summed E-state index contributed by atoms with van der Waals surface area (Å²) in [5.74, 6) is -1.32. The molecule has 0 fully saturated rings. The molecule has 0 radical (unpaired) electrons. The SMILES string of the molecule is CC(=O)O[B-](F)(F)F.[Na+]. The van der Waals surface area contributed by atoms with Crippen molar-refractivity contribution in [1.82, 2.24) is 0 Å². The number of halogens is 3. The topological polar surface area (TPSA) is 26.3 Å². The van der Waals surface area contributed by atoms with Crippen molar-refractivity contribution in [2.24, 2.45) is 0 Å². The number of carbonyl (C=O) groups is 1. The molecule has 0 aromatic heterocycles. The third-order valence-corrected chi connectivity index (χ3v) is 0.300. The van der Waals surface area contributed by atoms with E-state index in [1.54, 1.807) is 0 Å². The molecule has 0 rings (SSSR count). The van der Waals surface area contributed by atoms with Crippen molar-refractivity contribution < 1.29 is 52.0 Å². The molecule has 0 aliphatic rings. The average molecular weight is 150 g/mol. The minimum Gasteiger partial charge on any atom is -0.609 e. The number of hydrogen-bond acceptors (Lipinski definition) is 2. The summed E-state index contributed by atoms with van der Waals surface area (Å²) in [6.07, 6.45) is 0. The molecule has 0 saturated heterocycles. The molecule has 0 atom stereocenters. The minimum atomic E-state index is -5.39. The van der Waals surface area contributed by atoms with Crippen LogP contribution in [0.2, 0.25) is 0 Å². The molecule has 0 amide bonds. The Morgan fingerprint density at radius 3 is 1.78 bits per heavy atom. The molecule has 0 aliphatic carbocycles. The summed E-state index contributed by atoms with van der Waals surface area (Å²) < 4.78 is 35.6. The van der Waals surface area contributed by atoms with Crippen LogP contribution in [0, 0.1) is 0 Å². The van der Waals surface area contributed by atoms with E-state index in [9.17, 15) is 17.7 Å². The Kier molecular flexibility index (Phi) is 5.61. The summed E-state index contributed by atoms with van der Waals surface area (Å²) in [7, 11) is -5.39. The van der Waals surface area contributed by atoms with Gasteiger partial charge in [-0.1, -0.05) is 0 Å². The molecular weight excluding hydrogens is 147 g/mol. The summed E-state index contributed by atoms with van der Waals surface area (Å²) in [5, 5.41) is 0. The van der Waals surface area contributed by atoms with Crippen LogP contribution in [0.15, 0.2) is 0 Å². The van der Waals surface area contributed by atoms with E-state index in [-0.39, 0.29) is 29.6 Å². The first-order chi connectivity index (χ1) is 3.42. The Morgan fingerprint density at radius 1 is 1.44 bits per heavy atom. The van der Waals surface area contributed by atoms with Gasteiger partial charge in [0.15, 0.2) is 0 Å². The van der Waals surface area contributed by atoms with Crippen LogP contribution in [-0.4, -0.2) is 13.1 Å². The quantitative estimate of drug-likeness (QED) is 0.400. The monoisotopic (exact) mass is 150 g/mol. The van der Waals surface area contributed by atoms with E-state index in [1.807, 2.05) is 0 Å². The first-order valence-electron chi connectivity index (χ1n) is 1.80. The zero-order valence-electron chi connectivity index (χ0n) is 5.03. The number of hydrogen-bond donors (Lipinski definition) is 0.